The van der Waals surface area contributed by atoms with E-state index in [4.69, 9.17) is 14.6 Å². The highest BCUT2D eigenvalue weighted by molar-refractivity contribution is 5.88. The molecule has 1 N–H and O–H groups in total. The molecule has 0 amide bonds. The van der Waals surface area contributed by atoms with E-state index in [1.165, 1.54) is 5.56 Å². The van der Waals surface area contributed by atoms with Crippen molar-refractivity contribution in [3.63, 3.8) is 0 Å². The van der Waals surface area contributed by atoms with Crippen LogP contribution < -0.4 is 9.47 Å². The van der Waals surface area contributed by atoms with Crippen LogP contribution in [0.25, 0.3) is 0 Å². The zero-order valence-electron chi connectivity index (χ0n) is 13.9. The fourth-order valence-electron chi connectivity index (χ4n) is 2.96. The first-order valence-electron chi connectivity index (χ1n) is 7.93. The summed E-state index contributed by atoms with van der Waals surface area (Å²) in [6, 6.07) is 13.1. The second kappa shape index (κ2) is 6.93. The van der Waals surface area contributed by atoms with Gasteiger partial charge in [0.15, 0.2) is 0 Å². The Hall–Kier alpha value is -2.53. The highest BCUT2D eigenvalue weighted by Crippen LogP contribution is 2.27. The average Bonchev–Trinajstić information content (AvgIpc) is 2.72. The molecular weight excluding hydrogens is 306 g/mol. The molecule has 1 unspecified atom stereocenters. The number of hydrogen-bond acceptors (Lipinski definition) is 4. The second-order valence-electron chi connectivity index (χ2n) is 6.07. The lowest BCUT2D eigenvalue weighted by molar-refractivity contribution is 0.0696. The van der Waals surface area contributed by atoms with E-state index in [-0.39, 0.29) is 11.7 Å². The van der Waals surface area contributed by atoms with Crippen molar-refractivity contribution >= 4 is 5.97 Å². The van der Waals surface area contributed by atoms with Gasteiger partial charge in [-0.25, -0.2) is 4.79 Å². The van der Waals surface area contributed by atoms with Crippen molar-refractivity contribution in [2.45, 2.75) is 26.1 Å². The van der Waals surface area contributed by atoms with E-state index in [9.17, 15) is 4.79 Å². The number of carboxylic acid groups (broad SMARTS) is 1. The van der Waals surface area contributed by atoms with Crippen LogP contribution in [-0.2, 0) is 13.1 Å². The number of carbonyl (C=O) groups is 1. The Morgan fingerprint density at radius 1 is 1.29 bits per heavy atom. The summed E-state index contributed by atoms with van der Waals surface area (Å²) in [6.45, 7) is 4.32. The molecular formula is C19H21NO4. The number of rotatable bonds is 4. The number of aromatic carboxylic acids is 1. The maximum absolute atomic E-state index is 11.1. The predicted molar refractivity (Wildman–Crippen MR) is 90.6 cm³/mol. The Balaban J connectivity index is 1.79. The van der Waals surface area contributed by atoms with E-state index in [2.05, 4.69) is 17.0 Å². The molecule has 0 fully saturated rings. The van der Waals surface area contributed by atoms with Gasteiger partial charge in [0.1, 0.15) is 17.6 Å². The third kappa shape index (κ3) is 3.68. The van der Waals surface area contributed by atoms with Crippen LogP contribution in [0, 0.1) is 0 Å². The maximum atomic E-state index is 11.1. The molecule has 3 rings (SSSR count). The quantitative estimate of drug-likeness (QED) is 0.934. The second-order valence-corrected chi connectivity index (χ2v) is 6.07. The lowest BCUT2D eigenvalue weighted by Gasteiger charge is -2.22. The Morgan fingerprint density at radius 2 is 2.04 bits per heavy atom. The minimum Gasteiger partial charge on any atom is -0.497 e. The molecule has 0 saturated carbocycles. The van der Waals surface area contributed by atoms with Crippen LogP contribution in [0.1, 0.15) is 28.4 Å². The van der Waals surface area contributed by atoms with Crippen molar-refractivity contribution in [3.8, 4) is 11.5 Å². The van der Waals surface area contributed by atoms with Gasteiger partial charge in [-0.2, -0.15) is 0 Å². The molecule has 1 atom stereocenters. The largest absolute Gasteiger partial charge is 0.497 e. The molecule has 2 aromatic rings. The summed E-state index contributed by atoms with van der Waals surface area (Å²) in [6.07, 6.45) is -0.00598. The van der Waals surface area contributed by atoms with Crippen molar-refractivity contribution < 1.29 is 19.4 Å². The maximum Gasteiger partial charge on any atom is 0.335 e. The molecule has 0 spiro atoms. The number of ether oxygens (including phenoxy) is 2. The monoisotopic (exact) mass is 327 g/mol. The van der Waals surface area contributed by atoms with E-state index >= 15 is 0 Å². The van der Waals surface area contributed by atoms with Crippen LogP contribution in [0.2, 0.25) is 0 Å². The summed E-state index contributed by atoms with van der Waals surface area (Å²) in [5.74, 6) is 0.575. The zero-order chi connectivity index (χ0) is 17.1. The van der Waals surface area contributed by atoms with Crippen LogP contribution in [0.4, 0.5) is 0 Å². The van der Waals surface area contributed by atoms with Crippen molar-refractivity contribution in [3.05, 3.63) is 59.2 Å². The standard InChI is InChI=1S/C19H21NO4/c1-13-10-20(11-14-3-7-17(23-2)8-4-14)12-16-6-5-15(19(21)22)9-18(16)24-13/h3-9,13H,10-12H2,1-2H3,(H,21,22). The lowest BCUT2D eigenvalue weighted by atomic mass is 10.1. The molecule has 5 nitrogen and oxygen atoms in total. The molecule has 0 aromatic heterocycles. The molecule has 24 heavy (non-hydrogen) atoms. The highest BCUT2D eigenvalue weighted by atomic mass is 16.5. The predicted octanol–water partition coefficient (Wildman–Crippen LogP) is 3.18. The normalized spacial score (nSPS) is 17.5. The van der Waals surface area contributed by atoms with Gasteiger partial charge in [0.25, 0.3) is 0 Å². The van der Waals surface area contributed by atoms with Crippen LogP contribution >= 0.6 is 0 Å². The lowest BCUT2D eigenvalue weighted by Crippen LogP contribution is -2.30. The Kier molecular flexibility index (Phi) is 4.71. The van der Waals surface area contributed by atoms with Crippen molar-refractivity contribution in [1.82, 2.24) is 4.90 Å². The molecule has 2 aromatic carbocycles. The highest BCUT2D eigenvalue weighted by Gasteiger charge is 2.21. The average molecular weight is 327 g/mol. The molecule has 1 aliphatic rings. The summed E-state index contributed by atoms with van der Waals surface area (Å²) < 4.78 is 11.1. The first-order valence-corrected chi connectivity index (χ1v) is 7.93. The molecule has 0 aliphatic carbocycles. The number of methoxy groups -OCH3 is 1. The van der Waals surface area contributed by atoms with Gasteiger partial charge in [-0.3, -0.25) is 4.90 Å². The Bertz CT molecular complexity index is 727. The minimum atomic E-state index is -0.937. The van der Waals surface area contributed by atoms with Gasteiger partial charge in [-0.05, 0) is 36.8 Å². The molecule has 0 saturated heterocycles. The first-order chi connectivity index (χ1) is 11.5. The van der Waals surface area contributed by atoms with Crippen molar-refractivity contribution in [1.29, 1.82) is 0 Å². The van der Waals surface area contributed by atoms with Crippen molar-refractivity contribution in [2.75, 3.05) is 13.7 Å². The third-order valence-electron chi connectivity index (χ3n) is 4.12. The minimum absolute atomic E-state index is 0.00598. The SMILES string of the molecule is COc1ccc(CN2Cc3ccc(C(=O)O)cc3OC(C)C2)cc1. The smallest absolute Gasteiger partial charge is 0.335 e. The fourth-order valence-corrected chi connectivity index (χ4v) is 2.96. The Labute approximate surface area is 141 Å². The van der Waals surface area contributed by atoms with E-state index in [1.54, 1.807) is 19.2 Å². The molecule has 1 heterocycles. The molecule has 126 valence electrons. The molecule has 0 bridgehead atoms. The first kappa shape index (κ1) is 16.3. The molecule has 0 radical (unpaired) electrons. The topological polar surface area (TPSA) is 59.0 Å². The van der Waals surface area contributed by atoms with Crippen LogP contribution in [-0.4, -0.2) is 35.7 Å². The van der Waals surface area contributed by atoms with Gasteiger partial charge in [0.2, 0.25) is 0 Å². The molecule has 1 aliphatic heterocycles. The number of hydrogen-bond donors (Lipinski definition) is 1. The van der Waals surface area contributed by atoms with E-state index < -0.39 is 5.97 Å². The summed E-state index contributed by atoms with van der Waals surface area (Å²) in [5.41, 5.74) is 2.47. The van der Waals surface area contributed by atoms with E-state index in [1.807, 2.05) is 25.1 Å². The zero-order valence-corrected chi connectivity index (χ0v) is 13.9. The van der Waals surface area contributed by atoms with Crippen LogP contribution in [0.5, 0.6) is 11.5 Å². The number of carboxylic acids is 1. The van der Waals surface area contributed by atoms with E-state index in [0.29, 0.717) is 5.75 Å². The van der Waals surface area contributed by atoms with Gasteiger partial charge in [0.05, 0.1) is 12.7 Å². The summed E-state index contributed by atoms with van der Waals surface area (Å²) in [5, 5.41) is 9.14. The van der Waals surface area contributed by atoms with Gasteiger partial charge in [0, 0.05) is 25.2 Å². The summed E-state index contributed by atoms with van der Waals surface area (Å²) >= 11 is 0. The number of nitrogens with zero attached hydrogens (tertiary/aromatic N) is 1. The molecule has 5 heteroatoms. The third-order valence-corrected chi connectivity index (χ3v) is 4.12. The summed E-state index contributed by atoms with van der Waals surface area (Å²) in [4.78, 5) is 13.4. The van der Waals surface area contributed by atoms with Gasteiger partial charge < -0.3 is 14.6 Å². The Morgan fingerprint density at radius 3 is 2.71 bits per heavy atom. The number of benzene rings is 2. The fraction of sp³-hybridized carbons (Fsp3) is 0.316. The van der Waals surface area contributed by atoms with Crippen LogP contribution in [0.15, 0.2) is 42.5 Å². The van der Waals surface area contributed by atoms with Crippen molar-refractivity contribution in [2.24, 2.45) is 0 Å². The number of fused-ring (bicyclic) bond motifs is 1. The van der Waals surface area contributed by atoms with E-state index in [0.717, 1.165) is 30.9 Å². The van der Waals surface area contributed by atoms with Gasteiger partial charge in [-0.1, -0.05) is 18.2 Å². The van der Waals surface area contributed by atoms with Gasteiger partial charge in [-0.15, -0.1) is 0 Å². The van der Waals surface area contributed by atoms with Crippen LogP contribution in [0.3, 0.4) is 0 Å². The summed E-state index contributed by atoms with van der Waals surface area (Å²) in [7, 11) is 1.66. The van der Waals surface area contributed by atoms with Gasteiger partial charge >= 0.3 is 5.97 Å².